The molecule has 3 heteroatoms. The molecule has 1 heterocycles. The summed E-state index contributed by atoms with van der Waals surface area (Å²) in [5.74, 6) is 0. The van der Waals surface area contributed by atoms with E-state index in [9.17, 15) is 0 Å². The summed E-state index contributed by atoms with van der Waals surface area (Å²) in [4.78, 5) is 6.13. The van der Waals surface area contributed by atoms with E-state index in [0.717, 1.165) is 26.2 Å². The molecule has 0 N–H and O–H groups in total. The Morgan fingerprint density at radius 3 is 2.80 bits per heavy atom. The molecule has 0 fully saturated rings. The molecule has 0 spiro atoms. The highest BCUT2D eigenvalue weighted by Crippen LogP contribution is 1.96. The average molecular weight is 154 g/mol. The Labute approximate surface area is 66.2 Å². The highest BCUT2D eigenvalue weighted by Gasteiger charge is 2.03. The minimum Gasteiger partial charge on any atom is -0.294 e. The molecule has 2 nitrogen and oxygen atoms in total. The van der Waals surface area contributed by atoms with Crippen LogP contribution < -0.4 is 0 Å². The van der Waals surface area contributed by atoms with Gasteiger partial charge in [-0.05, 0) is 12.2 Å². The molecule has 0 bridgehead atoms. The zero-order valence-electron chi connectivity index (χ0n) is 5.79. The van der Waals surface area contributed by atoms with Crippen LogP contribution in [0.2, 0.25) is 0 Å². The summed E-state index contributed by atoms with van der Waals surface area (Å²) in [6.45, 7) is 3.90. The van der Waals surface area contributed by atoms with Crippen molar-refractivity contribution in [2.75, 3.05) is 26.2 Å². The molecule has 0 radical (unpaired) electrons. The Kier molecular flexibility index (Phi) is 3.30. The highest BCUT2D eigenvalue weighted by atomic mass is 32.1. The molecule has 0 saturated heterocycles. The van der Waals surface area contributed by atoms with Gasteiger partial charge in [-0.1, -0.05) is 12.2 Å². The predicted octanol–water partition coefficient (Wildman–Crippen LogP) is 0.961. The number of hydrogen-bond donors (Lipinski definition) is 0. The molecule has 1 aliphatic heterocycles. The third-order valence-electron chi connectivity index (χ3n) is 1.49. The number of rotatable bonds is 3. The van der Waals surface area contributed by atoms with Crippen molar-refractivity contribution in [3.05, 3.63) is 12.2 Å². The number of nitrogens with zero attached hydrogens (tertiary/aromatic N) is 2. The van der Waals surface area contributed by atoms with Gasteiger partial charge in [-0.15, -0.1) is 0 Å². The van der Waals surface area contributed by atoms with Gasteiger partial charge >= 0.3 is 0 Å². The molecular weight excluding hydrogens is 144 g/mol. The number of isothiocyanates is 1. The van der Waals surface area contributed by atoms with Crippen LogP contribution in [0, 0.1) is 0 Å². The van der Waals surface area contributed by atoms with Crippen LogP contribution in [0.3, 0.4) is 0 Å². The van der Waals surface area contributed by atoms with Crippen molar-refractivity contribution < 1.29 is 0 Å². The van der Waals surface area contributed by atoms with Crippen molar-refractivity contribution in [3.63, 3.8) is 0 Å². The van der Waals surface area contributed by atoms with E-state index >= 15 is 0 Å². The van der Waals surface area contributed by atoms with Crippen LogP contribution in [0.5, 0.6) is 0 Å². The summed E-state index contributed by atoms with van der Waals surface area (Å²) in [6.07, 6.45) is 4.34. The molecule has 0 unspecified atom stereocenters. The normalized spacial score (nSPS) is 17.2. The first-order valence-corrected chi connectivity index (χ1v) is 3.75. The molecule has 0 saturated carbocycles. The second-order valence-corrected chi connectivity index (χ2v) is 2.39. The first-order chi connectivity index (χ1) is 4.93. The van der Waals surface area contributed by atoms with E-state index in [0.29, 0.717) is 0 Å². The minimum absolute atomic E-state index is 0.783. The van der Waals surface area contributed by atoms with Crippen LogP contribution in [-0.2, 0) is 0 Å². The second-order valence-electron chi connectivity index (χ2n) is 2.20. The van der Waals surface area contributed by atoms with Crippen molar-refractivity contribution in [3.8, 4) is 0 Å². The summed E-state index contributed by atoms with van der Waals surface area (Å²) in [5.41, 5.74) is 0. The smallest absolute Gasteiger partial charge is 0.0620 e. The van der Waals surface area contributed by atoms with Crippen LogP contribution in [0.15, 0.2) is 17.1 Å². The van der Waals surface area contributed by atoms with Gasteiger partial charge in [0.1, 0.15) is 0 Å². The molecule has 0 aromatic carbocycles. The van der Waals surface area contributed by atoms with E-state index in [1.165, 1.54) is 0 Å². The SMILES string of the molecule is S=C=NCCN1CC=CC1. The first-order valence-electron chi connectivity index (χ1n) is 3.34. The van der Waals surface area contributed by atoms with Crippen molar-refractivity contribution in [1.82, 2.24) is 4.90 Å². The molecule has 54 valence electrons. The highest BCUT2D eigenvalue weighted by molar-refractivity contribution is 7.78. The van der Waals surface area contributed by atoms with Crippen molar-refractivity contribution in [2.45, 2.75) is 0 Å². The fourth-order valence-electron chi connectivity index (χ4n) is 0.941. The molecule has 0 atom stereocenters. The lowest BCUT2D eigenvalue weighted by atomic mass is 10.5. The topological polar surface area (TPSA) is 15.6 Å². The van der Waals surface area contributed by atoms with Gasteiger partial charge in [-0.25, -0.2) is 4.99 Å². The van der Waals surface area contributed by atoms with Crippen molar-refractivity contribution in [2.24, 2.45) is 4.99 Å². The quantitative estimate of drug-likeness (QED) is 0.342. The fourth-order valence-corrected chi connectivity index (χ4v) is 1.03. The van der Waals surface area contributed by atoms with Crippen molar-refractivity contribution in [1.29, 1.82) is 0 Å². The minimum atomic E-state index is 0.783. The molecule has 0 aromatic heterocycles. The second kappa shape index (κ2) is 4.34. The summed E-state index contributed by atoms with van der Waals surface area (Å²) in [5, 5.41) is 2.35. The Morgan fingerprint density at radius 2 is 2.20 bits per heavy atom. The molecule has 10 heavy (non-hydrogen) atoms. The van der Waals surface area contributed by atoms with Gasteiger partial charge in [-0.2, -0.15) is 0 Å². The molecular formula is C7H10N2S. The monoisotopic (exact) mass is 154 g/mol. The molecule has 0 amide bonds. The third kappa shape index (κ3) is 2.40. The largest absolute Gasteiger partial charge is 0.294 e. The Hall–Kier alpha value is -0.500. The average Bonchev–Trinajstić information content (AvgIpc) is 2.41. The van der Waals surface area contributed by atoms with E-state index < -0.39 is 0 Å². The van der Waals surface area contributed by atoms with Crippen LogP contribution in [0.1, 0.15) is 0 Å². The van der Waals surface area contributed by atoms with Gasteiger partial charge in [0.2, 0.25) is 0 Å². The van der Waals surface area contributed by atoms with E-state index in [-0.39, 0.29) is 0 Å². The maximum absolute atomic E-state index is 4.44. The lowest BCUT2D eigenvalue weighted by molar-refractivity contribution is 0.363. The van der Waals surface area contributed by atoms with Crippen molar-refractivity contribution >= 4 is 17.4 Å². The summed E-state index contributed by atoms with van der Waals surface area (Å²) >= 11 is 4.44. The van der Waals surface area contributed by atoms with Gasteiger partial charge in [0.25, 0.3) is 0 Å². The maximum Gasteiger partial charge on any atom is 0.0620 e. The van der Waals surface area contributed by atoms with Gasteiger partial charge in [0.15, 0.2) is 0 Å². The Bertz CT molecular complexity index is 162. The van der Waals surface area contributed by atoms with E-state index in [4.69, 9.17) is 0 Å². The number of hydrogen-bond acceptors (Lipinski definition) is 3. The van der Waals surface area contributed by atoms with E-state index in [2.05, 4.69) is 39.4 Å². The lowest BCUT2D eigenvalue weighted by Gasteiger charge is -2.11. The van der Waals surface area contributed by atoms with Gasteiger partial charge in [0, 0.05) is 19.6 Å². The van der Waals surface area contributed by atoms with Gasteiger partial charge < -0.3 is 0 Å². The zero-order valence-corrected chi connectivity index (χ0v) is 6.60. The molecule has 0 aliphatic carbocycles. The van der Waals surface area contributed by atoms with Crippen LogP contribution in [0.4, 0.5) is 0 Å². The van der Waals surface area contributed by atoms with Crippen LogP contribution >= 0.6 is 12.2 Å². The standard InChI is InChI=1S/C7H10N2S/c10-7-8-3-6-9-4-1-2-5-9/h1-2H,3-6H2. The number of aliphatic imine (C=N–C) groups is 1. The predicted molar refractivity (Wildman–Crippen MR) is 45.5 cm³/mol. The van der Waals surface area contributed by atoms with E-state index in [1.807, 2.05) is 0 Å². The summed E-state index contributed by atoms with van der Waals surface area (Å²) in [7, 11) is 0. The van der Waals surface area contributed by atoms with E-state index in [1.54, 1.807) is 0 Å². The fraction of sp³-hybridized carbons (Fsp3) is 0.571. The van der Waals surface area contributed by atoms with Gasteiger partial charge in [0.05, 0.1) is 11.7 Å². The molecule has 1 rings (SSSR count). The Balaban J connectivity index is 2.08. The molecule has 0 aromatic rings. The maximum atomic E-state index is 4.44. The lowest BCUT2D eigenvalue weighted by Crippen LogP contribution is -2.22. The molecule has 1 aliphatic rings. The number of thiocarbonyl (C=S) groups is 1. The van der Waals surface area contributed by atoms with Gasteiger partial charge in [-0.3, -0.25) is 4.90 Å². The zero-order chi connectivity index (χ0) is 7.23. The Morgan fingerprint density at radius 1 is 1.50 bits per heavy atom. The third-order valence-corrected chi connectivity index (χ3v) is 1.62. The summed E-state index contributed by atoms with van der Waals surface area (Å²) in [6, 6.07) is 0. The summed E-state index contributed by atoms with van der Waals surface area (Å²) < 4.78 is 0. The van der Waals surface area contributed by atoms with Crippen LogP contribution in [0.25, 0.3) is 0 Å². The first kappa shape index (κ1) is 7.61. The van der Waals surface area contributed by atoms with Crippen LogP contribution in [-0.4, -0.2) is 36.2 Å².